The lowest BCUT2D eigenvalue weighted by molar-refractivity contribution is -0.144. The molecule has 3 aliphatic rings. The Morgan fingerprint density at radius 3 is 2.19 bits per heavy atom. The van der Waals surface area contributed by atoms with Crippen LogP contribution in [-0.2, 0) is 31.4 Å². The van der Waals surface area contributed by atoms with E-state index >= 15 is 0 Å². The minimum atomic E-state index is -3.34. The van der Waals surface area contributed by atoms with Crippen molar-refractivity contribution in [2.24, 2.45) is 5.92 Å². The highest BCUT2D eigenvalue weighted by Crippen LogP contribution is 2.42. The van der Waals surface area contributed by atoms with Gasteiger partial charge in [-0.1, -0.05) is 36.2 Å². The van der Waals surface area contributed by atoms with E-state index in [1.807, 2.05) is 46.8 Å². The average Bonchev–Trinajstić information content (AvgIpc) is 3.44. The van der Waals surface area contributed by atoms with E-state index in [-0.39, 0.29) is 11.8 Å². The molecule has 1 unspecified atom stereocenters. The fraction of sp³-hybridized carbons (Fsp3) is 0.512. The quantitative estimate of drug-likeness (QED) is 0.149. The smallest absolute Gasteiger partial charge is 0.420 e. The van der Waals surface area contributed by atoms with Crippen LogP contribution >= 0.6 is 0 Å². The van der Waals surface area contributed by atoms with Crippen LogP contribution in [0, 0.1) is 19.8 Å². The number of pyridine rings is 1. The van der Waals surface area contributed by atoms with Gasteiger partial charge in [0.15, 0.2) is 0 Å². The van der Waals surface area contributed by atoms with Gasteiger partial charge in [0.25, 0.3) is 0 Å². The second-order valence-corrected chi connectivity index (χ2v) is 19.0. The van der Waals surface area contributed by atoms with Gasteiger partial charge in [-0.3, -0.25) is 9.52 Å². The summed E-state index contributed by atoms with van der Waals surface area (Å²) in [6.45, 7) is 18.0. The average molecular weight is 756 g/mol. The van der Waals surface area contributed by atoms with Crippen molar-refractivity contribution in [3.63, 3.8) is 0 Å². The van der Waals surface area contributed by atoms with Crippen molar-refractivity contribution in [3.05, 3.63) is 82.5 Å². The molecule has 2 aliphatic heterocycles. The van der Waals surface area contributed by atoms with Gasteiger partial charge in [-0.25, -0.2) is 22.8 Å². The zero-order chi connectivity index (χ0) is 39.2. The number of amides is 1. The Labute approximate surface area is 321 Å². The van der Waals surface area contributed by atoms with E-state index in [1.165, 1.54) is 12.8 Å². The molecule has 1 amide bonds. The van der Waals surface area contributed by atoms with Crippen LogP contribution in [0.5, 0.6) is 0 Å². The van der Waals surface area contributed by atoms with Crippen LogP contribution in [0.1, 0.15) is 101 Å². The van der Waals surface area contributed by atoms with Crippen LogP contribution < -0.4 is 10.0 Å². The summed E-state index contributed by atoms with van der Waals surface area (Å²) in [5.74, 6) is 0.646. The summed E-state index contributed by atoms with van der Waals surface area (Å²) in [5.41, 5.74) is 6.17. The molecular formula is C43H57N5O5S. The summed E-state index contributed by atoms with van der Waals surface area (Å²) in [4.78, 5) is 35.7. The zero-order valence-electron chi connectivity index (χ0n) is 33.4. The topological polar surface area (TPSA) is 123 Å². The first kappa shape index (κ1) is 39.5. The molecule has 2 N–H and O–H groups in total. The summed E-state index contributed by atoms with van der Waals surface area (Å²) in [6.07, 6.45) is 7.70. The molecule has 1 saturated carbocycles. The Morgan fingerprint density at radius 2 is 1.61 bits per heavy atom. The Morgan fingerprint density at radius 1 is 0.963 bits per heavy atom. The Kier molecular flexibility index (Phi) is 11.1. The number of hydrogen-bond acceptors (Lipinski definition) is 7. The molecule has 4 heterocycles. The van der Waals surface area contributed by atoms with Gasteiger partial charge in [0.2, 0.25) is 15.9 Å². The van der Waals surface area contributed by atoms with Crippen molar-refractivity contribution in [1.29, 1.82) is 0 Å². The summed E-state index contributed by atoms with van der Waals surface area (Å²) in [7, 11) is -3.34. The van der Waals surface area contributed by atoms with Gasteiger partial charge in [-0.15, -0.1) is 0 Å². The third-order valence-electron chi connectivity index (χ3n) is 10.9. The van der Waals surface area contributed by atoms with Crippen LogP contribution in [0.3, 0.4) is 0 Å². The molecule has 2 aromatic heterocycles. The molecule has 1 atom stereocenters. The highest BCUT2D eigenvalue weighted by molar-refractivity contribution is 7.92. The second-order valence-electron chi connectivity index (χ2n) is 17.2. The molecule has 11 heteroatoms. The Balaban J connectivity index is 1.39. The van der Waals surface area contributed by atoms with E-state index in [9.17, 15) is 18.0 Å². The summed E-state index contributed by atoms with van der Waals surface area (Å²) in [5, 5.41) is 4.46. The van der Waals surface area contributed by atoms with Crippen LogP contribution in [0.4, 0.5) is 10.5 Å². The minimum Gasteiger partial charge on any atom is -0.443 e. The number of aromatic nitrogens is 2. The van der Waals surface area contributed by atoms with E-state index in [0.717, 1.165) is 76.5 Å². The van der Waals surface area contributed by atoms with Gasteiger partial charge in [0, 0.05) is 36.4 Å². The molecule has 54 heavy (non-hydrogen) atoms. The van der Waals surface area contributed by atoms with Crippen LogP contribution in [0.2, 0.25) is 0 Å². The van der Waals surface area contributed by atoms with Crippen molar-refractivity contribution in [3.8, 4) is 11.3 Å². The maximum absolute atomic E-state index is 14.3. The van der Waals surface area contributed by atoms with E-state index in [1.54, 1.807) is 22.9 Å². The summed E-state index contributed by atoms with van der Waals surface area (Å²) in [6, 6.07) is 16.1. The van der Waals surface area contributed by atoms with Crippen LogP contribution in [-0.4, -0.2) is 72.4 Å². The number of carbonyl (C=O) groups is 2. The first-order valence-corrected chi connectivity index (χ1v) is 21.1. The molecule has 2 aromatic carbocycles. The minimum absolute atomic E-state index is 0.0676. The number of piperidine rings is 2. The molecule has 10 nitrogen and oxygen atoms in total. The van der Waals surface area contributed by atoms with Gasteiger partial charge in [0.05, 0.1) is 17.4 Å². The lowest BCUT2D eigenvalue weighted by Crippen LogP contribution is -2.55. The first-order chi connectivity index (χ1) is 25.3. The summed E-state index contributed by atoms with van der Waals surface area (Å²) >= 11 is 0. The number of anilines is 1. The van der Waals surface area contributed by atoms with Gasteiger partial charge in [0.1, 0.15) is 11.2 Å². The Bertz CT molecular complexity index is 2120. The number of rotatable bonds is 11. The van der Waals surface area contributed by atoms with Crippen LogP contribution in [0.15, 0.2) is 54.7 Å². The normalized spacial score (nSPS) is 18.2. The number of fused-ring (bicyclic) bond motifs is 4. The fourth-order valence-electron chi connectivity index (χ4n) is 8.31. The first-order valence-electron chi connectivity index (χ1n) is 19.3. The van der Waals surface area contributed by atoms with E-state index < -0.39 is 27.1 Å². The number of aryl methyl sites for hydroxylation is 2. The maximum Gasteiger partial charge on any atom is 0.420 e. The number of ether oxygens (including phenoxy) is 1. The highest BCUT2D eigenvalue weighted by Gasteiger charge is 2.43. The molecule has 1 aliphatic carbocycles. The van der Waals surface area contributed by atoms with Gasteiger partial charge >= 0.3 is 6.09 Å². The van der Waals surface area contributed by atoms with Gasteiger partial charge in [-0.05, 0) is 152 Å². The number of nitrogens with zero attached hydrogens (tertiary/aromatic N) is 3. The number of nitrogens with one attached hydrogen (secondary N) is 2. The number of sulfonamides is 1. The second kappa shape index (κ2) is 15.1. The molecule has 7 rings (SSSR count). The highest BCUT2D eigenvalue weighted by atomic mass is 32.2. The Hall–Kier alpha value is -4.22. The van der Waals surface area contributed by atoms with Crippen molar-refractivity contribution in [2.45, 2.75) is 110 Å². The van der Waals surface area contributed by atoms with Crippen molar-refractivity contribution in [2.75, 3.05) is 30.6 Å². The lowest BCUT2D eigenvalue weighted by atomic mass is 9.76. The predicted octanol–water partition coefficient (Wildman–Crippen LogP) is 8.09. The van der Waals surface area contributed by atoms with Crippen LogP contribution in [0.25, 0.3) is 22.3 Å². The fourth-order valence-corrected chi connectivity index (χ4v) is 8.88. The molecule has 3 fully saturated rings. The number of carbonyl (C=O) groups excluding carboxylic acids is 2. The van der Waals surface area contributed by atoms with E-state index in [2.05, 4.69) is 60.0 Å². The standard InChI is InChI=1S/C43H57N5O5S/c1-27-20-28(2)22-32(21-27)38-37(29(3)24-44-19-18-30-10-14-34(15-11-30)46-54(9,51)52)36-23-33(25-45-39(36)48(38)41(50)53-42(4,5)6)43(7,8)40(49)47-26-31-12-16-35(47)17-13-31/h10-11,14-15,20-23,25,29,31,35,44,46H,12-13,16-19,24,26H2,1-9H3. The molecule has 2 bridgehead atoms. The molecule has 290 valence electrons. The number of hydrogen-bond donors (Lipinski definition) is 2. The van der Waals surface area contributed by atoms with E-state index in [0.29, 0.717) is 36.4 Å². The van der Waals surface area contributed by atoms with Gasteiger partial charge in [-0.2, -0.15) is 0 Å². The van der Waals surface area contributed by atoms with Gasteiger partial charge < -0.3 is 15.0 Å². The predicted molar refractivity (Wildman–Crippen MR) is 217 cm³/mol. The monoisotopic (exact) mass is 755 g/mol. The van der Waals surface area contributed by atoms with Crippen molar-refractivity contribution >= 4 is 38.7 Å². The van der Waals surface area contributed by atoms with Crippen molar-refractivity contribution < 1.29 is 22.7 Å². The molecular weight excluding hydrogens is 699 g/mol. The lowest BCUT2D eigenvalue weighted by Gasteiger charge is -2.47. The third-order valence-corrected chi connectivity index (χ3v) is 11.5. The molecule has 2 saturated heterocycles. The molecule has 0 radical (unpaired) electrons. The number of benzene rings is 2. The SMILES string of the molecule is Cc1cc(C)cc(-c2c(C(C)CNCCc3ccc(NS(C)(=O)=O)cc3)c3cc(C(C)(C)C(=O)N4CC5CCC4CC5)cnc3n2C(=O)OC(C)(C)C)c1. The third kappa shape index (κ3) is 8.68. The molecule has 0 spiro atoms. The van der Waals surface area contributed by atoms with Crippen molar-refractivity contribution in [1.82, 2.24) is 19.8 Å². The molecule has 4 aromatic rings. The zero-order valence-corrected chi connectivity index (χ0v) is 34.2. The largest absolute Gasteiger partial charge is 0.443 e. The van der Waals surface area contributed by atoms with E-state index in [4.69, 9.17) is 9.72 Å². The maximum atomic E-state index is 14.3. The summed E-state index contributed by atoms with van der Waals surface area (Å²) < 4.78 is 33.4.